The number of amides is 2. The molecule has 3 heterocycles. The SMILES string of the molecule is O=C1CSC(=O)N1C(OCCc1nc2ccccc2s1)c1cnc2ccccc2c1. The third kappa shape index (κ3) is 3.69. The number of benzene rings is 2. The summed E-state index contributed by atoms with van der Waals surface area (Å²) in [6.07, 6.45) is 1.47. The third-order valence-electron chi connectivity index (χ3n) is 4.85. The predicted molar refractivity (Wildman–Crippen MR) is 118 cm³/mol. The predicted octanol–water partition coefficient (Wildman–Crippen LogP) is 4.80. The van der Waals surface area contributed by atoms with Crippen LogP contribution in [0.1, 0.15) is 16.8 Å². The number of fused-ring (bicyclic) bond motifs is 2. The average molecular weight is 436 g/mol. The van der Waals surface area contributed by atoms with Crippen molar-refractivity contribution in [2.24, 2.45) is 0 Å². The second-order valence-electron chi connectivity index (χ2n) is 6.83. The van der Waals surface area contributed by atoms with Crippen molar-refractivity contribution in [1.82, 2.24) is 14.9 Å². The van der Waals surface area contributed by atoms with Gasteiger partial charge in [-0.25, -0.2) is 9.88 Å². The standard InChI is InChI=1S/C22H17N3O3S2/c26-20-13-29-22(27)25(20)21(15-11-14-5-1-2-6-16(14)23-12-15)28-10-9-19-24-17-7-3-4-8-18(17)30-19/h1-8,11-12,21H,9-10,13H2. The van der Waals surface area contributed by atoms with Crippen molar-refractivity contribution in [1.29, 1.82) is 0 Å². The third-order valence-corrected chi connectivity index (χ3v) is 6.78. The molecule has 150 valence electrons. The summed E-state index contributed by atoms with van der Waals surface area (Å²) in [6, 6.07) is 17.6. The highest BCUT2D eigenvalue weighted by atomic mass is 32.2. The molecule has 0 saturated carbocycles. The minimum Gasteiger partial charge on any atom is -0.353 e. The van der Waals surface area contributed by atoms with Crippen LogP contribution in [0.4, 0.5) is 4.79 Å². The molecule has 1 fully saturated rings. The molecule has 4 aromatic rings. The molecule has 1 aliphatic heterocycles. The summed E-state index contributed by atoms with van der Waals surface area (Å²) in [5.41, 5.74) is 2.50. The van der Waals surface area contributed by atoms with Crippen molar-refractivity contribution in [2.45, 2.75) is 12.6 Å². The second kappa shape index (κ2) is 8.14. The molecule has 30 heavy (non-hydrogen) atoms. The van der Waals surface area contributed by atoms with Gasteiger partial charge < -0.3 is 4.74 Å². The zero-order valence-corrected chi connectivity index (χ0v) is 17.5. The fourth-order valence-electron chi connectivity index (χ4n) is 3.42. The number of hydrogen-bond acceptors (Lipinski definition) is 7. The highest BCUT2D eigenvalue weighted by molar-refractivity contribution is 8.14. The van der Waals surface area contributed by atoms with Crippen LogP contribution < -0.4 is 0 Å². The molecule has 0 radical (unpaired) electrons. The van der Waals surface area contributed by atoms with Gasteiger partial charge in [-0.05, 0) is 24.3 Å². The van der Waals surface area contributed by atoms with Crippen molar-refractivity contribution in [3.05, 3.63) is 71.4 Å². The lowest BCUT2D eigenvalue weighted by molar-refractivity contribution is -0.135. The highest BCUT2D eigenvalue weighted by Crippen LogP contribution is 2.32. The molecule has 2 amide bonds. The smallest absolute Gasteiger partial charge is 0.291 e. The molecule has 0 spiro atoms. The molecule has 2 aromatic heterocycles. The minimum atomic E-state index is -0.800. The van der Waals surface area contributed by atoms with Gasteiger partial charge in [0.15, 0.2) is 6.23 Å². The van der Waals surface area contributed by atoms with Crippen LogP contribution in [0.15, 0.2) is 60.8 Å². The number of carbonyl (C=O) groups is 2. The van der Waals surface area contributed by atoms with Crippen molar-refractivity contribution < 1.29 is 14.3 Å². The molecule has 6 nitrogen and oxygen atoms in total. The van der Waals surface area contributed by atoms with Crippen LogP contribution in [0, 0.1) is 0 Å². The van der Waals surface area contributed by atoms with Crippen LogP contribution in [0.2, 0.25) is 0 Å². The van der Waals surface area contributed by atoms with Gasteiger partial charge >= 0.3 is 0 Å². The van der Waals surface area contributed by atoms with Gasteiger partial charge in [0.2, 0.25) is 5.91 Å². The van der Waals surface area contributed by atoms with Gasteiger partial charge in [0.25, 0.3) is 5.24 Å². The molecule has 1 aliphatic rings. The molecule has 0 bridgehead atoms. The van der Waals surface area contributed by atoms with Crippen molar-refractivity contribution in [2.75, 3.05) is 12.4 Å². The van der Waals surface area contributed by atoms with E-state index in [0.717, 1.165) is 37.9 Å². The zero-order valence-electron chi connectivity index (χ0n) is 15.9. The Balaban J connectivity index is 1.40. The number of thiazole rings is 1. The summed E-state index contributed by atoms with van der Waals surface area (Å²) in [5.74, 6) is -0.111. The van der Waals surface area contributed by atoms with Gasteiger partial charge in [0.1, 0.15) is 0 Å². The summed E-state index contributed by atoms with van der Waals surface area (Å²) in [6.45, 7) is 0.332. The summed E-state index contributed by atoms with van der Waals surface area (Å²) < 4.78 is 7.23. The molecule has 2 aromatic carbocycles. The summed E-state index contributed by atoms with van der Waals surface area (Å²) in [5, 5.41) is 1.60. The summed E-state index contributed by atoms with van der Waals surface area (Å²) in [4.78, 5) is 35.1. The van der Waals surface area contributed by atoms with E-state index in [1.807, 2.05) is 54.6 Å². The molecule has 0 N–H and O–H groups in total. The molecule has 1 atom stereocenters. The first-order valence-corrected chi connectivity index (χ1v) is 11.3. The fraction of sp³-hybridized carbons (Fsp3) is 0.182. The first-order valence-electron chi connectivity index (χ1n) is 9.48. The number of carbonyl (C=O) groups excluding carboxylic acids is 2. The van der Waals surface area contributed by atoms with Crippen LogP contribution in [0.3, 0.4) is 0 Å². The van der Waals surface area contributed by atoms with Crippen LogP contribution in [0.5, 0.6) is 0 Å². The Labute approximate surface area is 180 Å². The lowest BCUT2D eigenvalue weighted by atomic mass is 10.1. The highest BCUT2D eigenvalue weighted by Gasteiger charge is 2.37. The van der Waals surface area contributed by atoms with Crippen molar-refractivity contribution in [3.63, 3.8) is 0 Å². The molecule has 1 saturated heterocycles. The number of para-hydroxylation sites is 2. The Morgan fingerprint density at radius 3 is 2.67 bits per heavy atom. The Hall–Kier alpha value is -2.81. The van der Waals surface area contributed by atoms with Crippen molar-refractivity contribution in [3.8, 4) is 0 Å². The van der Waals surface area contributed by atoms with Crippen LogP contribution in [-0.2, 0) is 16.0 Å². The Morgan fingerprint density at radius 1 is 1.07 bits per heavy atom. The Kier molecular flexibility index (Phi) is 5.20. The zero-order chi connectivity index (χ0) is 20.5. The monoisotopic (exact) mass is 435 g/mol. The van der Waals surface area contributed by atoms with Gasteiger partial charge in [-0.2, -0.15) is 0 Å². The summed E-state index contributed by atoms with van der Waals surface area (Å²) in [7, 11) is 0. The number of aromatic nitrogens is 2. The van der Waals surface area contributed by atoms with Gasteiger partial charge in [0.05, 0.1) is 33.1 Å². The minimum absolute atomic E-state index is 0.136. The van der Waals surface area contributed by atoms with E-state index in [2.05, 4.69) is 9.97 Å². The lowest BCUT2D eigenvalue weighted by Crippen LogP contribution is -2.35. The normalized spacial score (nSPS) is 15.4. The average Bonchev–Trinajstić information content (AvgIpc) is 3.33. The van der Waals surface area contributed by atoms with Crippen LogP contribution in [0.25, 0.3) is 21.1 Å². The quantitative estimate of drug-likeness (QED) is 0.433. The second-order valence-corrected chi connectivity index (χ2v) is 8.87. The number of imide groups is 1. The van der Waals surface area contributed by atoms with Crippen molar-refractivity contribution >= 4 is 55.4 Å². The molecule has 8 heteroatoms. The summed E-state index contributed by atoms with van der Waals surface area (Å²) >= 11 is 2.62. The van der Waals surface area contributed by atoms with E-state index in [1.165, 1.54) is 4.90 Å². The Bertz CT molecular complexity index is 1210. The number of rotatable bonds is 6. The maximum absolute atomic E-state index is 12.4. The van der Waals surface area contributed by atoms with Crippen LogP contribution in [-0.4, -0.2) is 38.4 Å². The number of hydrogen-bond donors (Lipinski definition) is 0. The number of pyridine rings is 1. The maximum atomic E-state index is 12.4. The molecule has 5 rings (SSSR count). The van der Waals surface area contributed by atoms with Gasteiger partial charge in [-0.15, -0.1) is 11.3 Å². The topological polar surface area (TPSA) is 72.4 Å². The Morgan fingerprint density at radius 2 is 1.87 bits per heavy atom. The number of thioether (sulfide) groups is 1. The first kappa shape index (κ1) is 19.2. The van der Waals surface area contributed by atoms with Gasteiger partial charge in [-0.1, -0.05) is 42.1 Å². The number of nitrogens with zero attached hydrogens (tertiary/aromatic N) is 3. The van der Waals surface area contributed by atoms with Gasteiger partial charge in [-0.3, -0.25) is 14.6 Å². The fourth-order valence-corrected chi connectivity index (χ4v) is 5.09. The molecule has 0 aliphatic carbocycles. The van der Waals surface area contributed by atoms with E-state index >= 15 is 0 Å². The lowest BCUT2D eigenvalue weighted by Gasteiger charge is -2.26. The van der Waals surface area contributed by atoms with E-state index in [9.17, 15) is 9.59 Å². The van der Waals surface area contributed by atoms with E-state index in [0.29, 0.717) is 18.6 Å². The number of ether oxygens (including phenoxy) is 1. The molecule has 1 unspecified atom stereocenters. The molecular formula is C22H17N3O3S2. The van der Waals surface area contributed by atoms with E-state index < -0.39 is 6.23 Å². The molecular weight excluding hydrogens is 418 g/mol. The maximum Gasteiger partial charge on any atom is 0.291 e. The van der Waals surface area contributed by atoms with Crippen LogP contribution >= 0.6 is 23.1 Å². The van der Waals surface area contributed by atoms with E-state index in [-0.39, 0.29) is 16.9 Å². The van der Waals surface area contributed by atoms with E-state index in [4.69, 9.17) is 4.74 Å². The first-order chi connectivity index (χ1) is 14.7. The van der Waals surface area contributed by atoms with E-state index in [1.54, 1.807) is 17.5 Å². The largest absolute Gasteiger partial charge is 0.353 e. The van der Waals surface area contributed by atoms with Gasteiger partial charge in [0, 0.05) is 23.6 Å².